The number of anilines is 2. The van der Waals surface area contributed by atoms with Gasteiger partial charge in [0.1, 0.15) is 6.54 Å². The smallest absolute Gasteiger partial charge is 0.264 e. The van der Waals surface area contributed by atoms with Gasteiger partial charge < -0.3 is 10.6 Å². The standard InChI is InChI=1S/C30H28ClN3O4S/c1-22-11-17-26(18-12-22)39(37,38)34(25-15-13-24(31)14-16-25)21-29(35)33-28-10-6-5-9-27(28)30(36)32-20-19-23-7-3-2-4-8-23/h2-18H,19-21H2,1H3,(H,32,36)(H,33,35). The zero-order chi connectivity index (χ0) is 27.8. The molecule has 2 amide bonds. The zero-order valence-electron chi connectivity index (χ0n) is 21.3. The van der Waals surface area contributed by atoms with Gasteiger partial charge in [0.25, 0.3) is 15.9 Å². The van der Waals surface area contributed by atoms with E-state index < -0.39 is 22.5 Å². The van der Waals surface area contributed by atoms with Crippen molar-refractivity contribution in [3.63, 3.8) is 0 Å². The van der Waals surface area contributed by atoms with Crippen molar-refractivity contribution in [1.82, 2.24) is 5.32 Å². The minimum Gasteiger partial charge on any atom is -0.352 e. The molecule has 4 aromatic carbocycles. The number of sulfonamides is 1. The molecule has 9 heteroatoms. The summed E-state index contributed by atoms with van der Waals surface area (Å²) in [5, 5.41) is 6.02. The van der Waals surface area contributed by atoms with Crippen LogP contribution in [0.2, 0.25) is 5.02 Å². The summed E-state index contributed by atoms with van der Waals surface area (Å²) in [5.74, 6) is -0.950. The monoisotopic (exact) mass is 561 g/mol. The predicted molar refractivity (Wildman–Crippen MR) is 155 cm³/mol. The molecule has 0 saturated carbocycles. The molecule has 0 aromatic heterocycles. The number of hydrogen-bond donors (Lipinski definition) is 2. The van der Waals surface area contributed by atoms with Gasteiger partial charge in [-0.3, -0.25) is 13.9 Å². The summed E-state index contributed by atoms with van der Waals surface area (Å²) in [4.78, 5) is 26.1. The molecule has 0 radical (unpaired) electrons. The highest BCUT2D eigenvalue weighted by molar-refractivity contribution is 7.92. The molecule has 0 aliphatic heterocycles. The number of carbonyl (C=O) groups is 2. The first kappa shape index (κ1) is 27.9. The highest BCUT2D eigenvalue weighted by Gasteiger charge is 2.27. The van der Waals surface area contributed by atoms with E-state index in [-0.39, 0.29) is 27.7 Å². The number of benzene rings is 4. The second-order valence-electron chi connectivity index (χ2n) is 8.89. The summed E-state index contributed by atoms with van der Waals surface area (Å²) in [7, 11) is -4.09. The Morgan fingerprint density at radius 1 is 0.821 bits per heavy atom. The Bertz CT molecular complexity index is 1540. The number of hydrogen-bond acceptors (Lipinski definition) is 4. The van der Waals surface area contributed by atoms with Crippen molar-refractivity contribution in [3.05, 3.63) is 125 Å². The SMILES string of the molecule is Cc1ccc(S(=O)(=O)N(CC(=O)Nc2ccccc2C(=O)NCCc2ccccc2)c2ccc(Cl)cc2)cc1. The van der Waals surface area contributed by atoms with Crippen molar-refractivity contribution < 1.29 is 18.0 Å². The number of rotatable bonds is 10. The minimum absolute atomic E-state index is 0.0500. The number of halogens is 1. The largest absolute Gasteiger partial charge is 0.352 e. The van der Waals surface area contributed by atoms with E-state index in [1.165, 1.54) is 24.3 Å². The van der Waals surface area contributed by atoms with Crippen LogP contribution in [0.25, 0.3) is 0 Å². The Hall–Kier alpha value is -4.14. The van der Waals surface area contributed by atoms with E-state index in [0.29, 0.717) is 18.0 Å². The number of aryl methyl sites for hydroxylation is 1. The van der Waals surface area contributed by atoms with Gasteiger partial charge in [-0.05, 0) is 67.4 Å². The fraction of sp³-hybridized carbons (Fsp3) is 0.133. The molecular weight excluding hydrogens is 534 g/mol. The maximum absolute atomic E-state index is 13.6. The van der Waals surface area contributed by atoms with Gasteiger partial charge in [-0.1, -0.05) is 71.8 Å². The lowest BCUT2D eigenvalue weighted by molar-refractivity contribution is -0.114. The van der Waals surface area contributed by atoms with Gasteiger partial charge >= 0.3 is 0 Å². The topological polar surface area (TPSA) is 95.6 Å². The number of nitrogens with zero attached hydrogens (tertiary/aromatic N) is 1. The second-order valence-corrected chi connectivity index (χ2v) is 11.2. The van der Waals surface area contributed by atoms with Crippen LogP contribution < -0.4 is 14.9 Å². The van der Waals surface area contributed by atoms with Crippen LogP contribution in [0.1, 0.15) is 21.5 Å². The van der Waals surface area contributed by atoms with E-state index in [0.717, 1.165) is 15.4 Å². The Kier molecular flexibility index (Phi) is 9.01. The molecule has 200 valence electrons. The molecule has 2 N–H and O–H groups in total. The Balaban J connectivity index is 1.52. The Morgan fingerprint density at radius 3 is 2.15 bits per heavy atom. The van der Waals surface area contributed by atoms with Crippen LogP contribution in [0.5, 0.6) is 0 Å². The summed E-state index contributed by atoms with van der Waals surface area (Å²) < 4.78 is 28.2. The third-order valence-electron chi connectivity index (χ3n) is 6.00. The lowest BCUT2D eigenvalue weighted by Crippen LogP contribution is -2.38. The lowest BCUT2D eigenvalue weighted by atomic mass is 10.1. The van der Waals surface area contributed by atoms with Gasteiger partial charge in [-0.15, -0.1) is 0 Å². The third-order valence-corrected chi connectivity index (χ3v) is 8.04. The number of para-hydroxylation sites is 1. The van der Waals surface area contributed by atoms with Gasteiger partial charge in [0.2, 0.25) is 5.91 Å². The average Bonchev–Trinajstić information content (AvgIpc) is 2.93. The van der Waals surface area contributed by atoms with Gasteiger partial charge in [0, 0.05) is 11.6 Å². The molecule has 0 aliphatic rings. The van der Waals surface area contributed by atoms with Crippen LogP contribution in [0, 0.1) is 6.92 Å². The maximum atomic E-state index is 13.6. The van der Waals surface area contributed by atoms with E-state index in [2.05, 4.69) is 10.6 Å². The normalized spacial score (nSPS) is 11.0. The summed E-state index contributed by atoms with van der Waals surface area (Å²) in [6.45, 7) is 1.77. The third kappa shape index (κ3) is 7.25. The molecule has 0 spiro atoms. The van der Waals surface area contributed by atoms with Crippen molar-refractivity contribution in [2.75, 3.05) is 22.7 Å². The lowest BCUT2D eigenvalue weighted by Gasteiger charge is -2.24. The number of amides is 2. The van der Waals surface area contributed by atoms with Crippen LogP contribution >= 0.6 is 11.6 Å². The highest BCUT2D eigenvalue weighted by atomic mass is 35.5. The van der Waals surface area contributed by atoms with Gasteiger partial charge in [-0.25, -0.2) is 8.42 Å². The fourth-order valence-electron chi connectivity index (χ4n) is 3.93. The summed E-state index contributed by atoms with van der Waals surface area (Å²) in [5.41, 5.74) is 2.84. The molecule has 0 fully saturated rings. The first-order valence-electron chi connectivity index (χ1n) is 12.3. The molecule has 39 heavy (non-hydrogen) atoms. The fourth-order valence-corrected chi connectivity index (χ4v) is 5.48. The van der Waals surface area contributed by atoms with E-state index in [9.17, 15) is 18.0 Å². The molecule has 7 nitrogen and oxygen atoms in total. The van der Waals surface area contributed by atoms with Crippen molar-refractivity contribution in [2.45, 2.75) is 18.2 Å². The van der Waals surface area contributed by atoms with E-state index >= 15 is 0 Å². The average molecular weight is 562 g/mol. The summed E-state index contributed by atoms with van der Waals surface area (Å²) in [6, 6.07) is 29.0. The van der Waals surface area contributed by atoms with Crippen LogP contribution in [0.15, 0.2) is 108 Å². The van der Waals surface area contributed by atoms with Crippen LogP contribution in [0.4, 0.5) is 11.4 Å². The number of carbonyl (C=O) groups excluding carboxylic acids is 2. The predicted octanol–water partition coefficient (Wildman–Crippen LogP) is 5.45. The first-order chi connectivity index (χ1) is 18.7. The van der Waals surface area contributed by atoms with Crippen molar-refractivity contribution in [1.29, 1.82) is 0 Å². The number of nitrogens with one attached hydrogen (secondary N) is 2. The molecular formula is C30H28ClN3O4S. The molecule has 0 atom stereocenters. The van der Waals surface area contributed by atoms with Crippen molar-refractivity contribution >= 4 is 44.8 Å². The van der Waals surface area contributed by atoms with E-state index in [4.69, 9.17) is 11.6 Å². The van der Waals surface area contributed by atoms with Gasteiger partial charge in [0.15, 0.2) is 0 Å². The minimum atomic E-state index is -4.09. The molecule has 0 bridgehead atoms. The Labute approximate surface area is 233 Å². The van der Waals surface area contributed by atoms with Crippen LogP contribution in [-0.4, -0.2) is 33.3 Å². The van der Waals surface area contributed by atoms with Crippen molar-refractivity contribution in [3.8, 4) is 0 Å². The summed E-state index contributed by atoms with van der Waals surface area (Å²) in [6.07, 6.45) is 0.661. The molecule has 0 heterocycles. The zero-order valence-corrected chi connectivity index (χ0v) is 22.9. The molecule has 0 saturated heterocycles. The van der Waals surface area contributed by atoms with Gasteiger partial charge in [-0.2, -0.15) is 0 Å². The van der Waals surface area contributed by atoms with Crippen LogP contribution in [0.3, 0.4) is 0 Å². The first-order valence-corrected chi connectivity index (χ1v) is 14.1. The molecule has 4 rings (SSSR count). The Morgan fingerprint density at radius 2 is 1.46 bits per heavy atom. The molecule has 4 aromatic rings. The van der Waals surface area contributed by atoms with E-state index in [1.54, 1.807) is 48.5 Å². The van der Waals surface area contributed by atoms with Crippen LogP contribution in [-0.2, 0) is 21.2 Å². The maximum Gasteiger partial charge on any atom is 0.264 e. The quantitative estimate of drug-likeness (QED) is 0.269. The molecule has 0 aliphatic carbocycles. The van der Waals surface area contributed by atoms with Crippen molar-refractivity contribution in [2.24, 2.45) is 0 Å². The van der Waals surface area contributed by atoms with Gasteiger partial charge in [0.05, 0.1) is 21.8 Å². The summed E-state index contributed by atoms with van der Waals surface area (Å²) >= 11 is 6.01. The second kappa shape index (κ2) is 12.6. The van der Waals surface area contributed by atoms with E-state index in [1.807, 2.05) is 37.3 Å². The molecule has 0 unspecified atom stereocenters. The highest BCUT2D eigenvalue weighted by Crippen LogP contribution is 2.26.